The van der Waals surface area contributed by atoms with Crippen LogP contribution in [0.4, 0.5) is 0 Å². The molecule has 0 aliphatic carbocycles. The Morgan fingerprint density at radius 3 is 1.67 bits per heavy atom. The van der Waals surface area contributed by atoms with Crippen molar-refractivity contribution in [1.82, 2.24) is 0 Å². The summed E-state index contributed by atoms with van der Waals surface area (Å²) in [5.41, 5.74) is 3.37. The van der Waals surface area contributed by atoms with E-state index in [0.717, 1.165) is 16.7 Å². The van der Waals surface area contributed by atoms with Crippen molar-refractivity contribution in [2.24, 2.45) is 0 Å². The lowest BCUT2D eigenvalue weighted by Gasteiger charge is -2.15. The molecule has 0 aromatic heterocycles. The Morgan fingerprint density at radius 2 is 1.29 bits per heavy atom. The van der Waals surface area contributed by atoms with E-state index in [9.17, 15) is 30.3 Å². The minimum Gasteiger partial charge on any atom is -0.253 e. The van der Waals surface area contributed by atoms with Gasteiger partial charge in [-0.1, -0.05) is 6.07 Å². The zero-order chi connectivity index (χ0) is 16.5. The molecule has 9 heteroatoms. The molecule has 0 atom stereocenters. The molecule has 0 radical (unpaired) electrons. The van der Waals surface area contributed by atoms with Gasteiger partial charge in [-0.3, -0.25) is 30.3 Å². The minimum atomic E-state index is -3.46. The molecule has 21 heavy (non-hydrogen) atoms. The first-order valence-electron chi connectivity index (χ1n) is 6.05. The van der Waals surface area contributed by atoms with E-state index >= 15 is 0 Å². The normalized spacial score (nSPS) is 11.2. The van der Waals surface area contributed by atoms with E-state index in [4.69, 9.17) is 0 Å². The van der Waals surface area contributed by atoms with E-state index in [1.807, 2.05) is 6.92 Å². The Bertz CT molecular complexity index is 604. The molecule has 0 unspecified atom stereocenters. The first kappa shape index (κ1) is 16.5. The fourth-order valence-corrected chi connectivity index (χ4v) is 2.13. The molecule has 0 heterocycles. The van der Waals surface area contributed by atoms with E-state index in [1.165, 1.54) is 6.07 Å². The number of hydrogen-bond acceptors (Lipinski definition) is 6. The standard InChI is InChI=1S/C12H15N3O6/c1-7-5-11(10(4)9(3)8(7)2)6-12(13(16)17,14(18)19)15(20)21/h5H,6H2,1-4H3. The smallest absolute Gasteiger partial charge is 0.253 e. The first-order valence-corrected chi connectivity index (χ1v) is 6.05. The maximum absolute atomic E-state index is 11.0. The third-order valence-corrected chi connectivity index (χ3v) is 3.89. The van der Waals surface area contributed by atoms with Crippen LogP contribution in [0.5, 0.6) is 0 Å². The van der Waals surface area contributed by atoms with Crippen LogP contribution >= 0.6 is 0 Å². The summed E-state index contributed by atoms with van der Waals surface area (Å²) >= 11 is 0. The second-order valence-electron chi connectivity index (χ2n) is 4.95. The van der Waals surface area contributed by atoms with Gasteiger partial charge in [0.1, 0.15) is 0 Å². The van der Waals surface area contributed by atoms with Gasteiger partial charge in [-0.15, -0.1) is 0 Å². The maximum atomic E-state index is 11.0. The van der Waals surface area contributed by atoms with Gasteiger partial charge in [-0.25, -0.2) is 0 Å². The van der Waals surface area contributed by atoms with Gasteiger partial charge in [0, 0.05) is 0 Å². The Balaban J connectivity index is 3.52. The van der Waals surface area contributed by atoms with E-state index < -0.39 is 27.0 Å². The zero-order valence-electron chi connectivity index (χ0n) is 12.1. The molecule has 0 N–H and O–H groups in total. The molecular formula is C12H15N3O6. The highest BCUT2D eigenvalue weighted by Crippen LogP contribution is 2.26. The molecule has 114 valence electrons. The van der Waals surface area contributed by atoms with Crippen LogP contribution in [0.25, 0.3) is 0 Å². The van der Waals surface area contributed by atoms with E-state index in [0.29, 0.717) is 5.56 Å². The topological polar surface area (TPSA) is 129 Å². The van der Waals surface area contributed by atoms with E-state index in [-0.39, 0.29) is 5.56 Å². The predicted octanol–water partition coefficient (Wildman–Crippen LogP) is 1.95. The summed E-state index contributed by atoms with van der Waals surface area (Å²) in [5, 5.41) is 32.9. The number of nitro groups is 3. The third-order valence-electron chi connectivity index (χ3n) is 3.89. The number of nitrogens with zero attached hydrogens (tertiary/aromatic N) is 3. The van der Waals surface area contributed by atoms with Crippen LogP contribution in [0, 0.1) is 58.0 Å². The van der Waals surface area contributed by atoms with Crippen molar-refractivity contribution in [3.05, 3.63) is 64.2 Å². The van der Waals surface area contributed by atoms with Crippen molar-refractivity contribution in [2.75, 3.05) is 0 Å². The summed E-state index contributed by atoms with van der Waals surface area (Å²) in [6, 6.07) is 1.53. The molecule has 9 nitrogen and oxygen atoms in total. The van der Waals surface area contributed by atoms with Crippen molar-refractivity contribution in [2.45, 2.75) is 39.9 Å². The van der Waals surface area contributed by atoms with Crippen molar-refractivity contribution in [3.8, 4) is 0 Å². The van der Waals surface area contributed by atoms with Gasteiger partial charge in [-0.2, -0.15) is 0 Å². The number of benzene rings is 1. The first-order chi connectivity index (χ1) is 9.55. The van der Waals surface area contributed by atoms with Crippen LogP contribution < -0.4 is 0 Å². The minimum absolute atomic E-state index is 0.237. The van der Waals surface area contributed by atoms with Crippen molar-refractivity contribution >= 4 is 0 Å². The van der Waals surface area contributed by atoms with Crippen LogP contribution in [0.2, 0.25) is 0 Å². The maximum Gasteiger partial charge on any atom is 0.703 e. The molecule has 1 rings (SSSR count). The molecule has 0 saturated carbocycles. The van der Waals surface area contributed by atoms with Crippen LogP contribution in [-0.2, 0) is 6.42 Å². The second kappa shape index (κ2) is 5.43. The lowest BCUT2D eigenvalue weighted by Crippen LogP contribution is -2.55. The average Bonchev–Trinajstić information content (AvgIpc) is 2.37. The molecule has 0 saturated heterocycles. The van der Waals surface area contributed by atoms with Gasteiger partial charge in [-0.05, 0) is 55.5 Å². The van der Waals surface area contributed by atoms with Gasteiger partial charge in [0.15, 0.2) is 21.2 Å². The Morgan fingerprint density at radius 1 is 0.857 bits per heavy atom. The summed E-state index contributed by atoms with van der Waals surface area (Å²) in [5.74, 6) is -3.46. The highest BCUT2D eigenvalue weighted by Gasteiger charge is 2.70. The van der Waals surface area contributed by atoms with Gasteiger partial charge in [0.2, 0.25) is 0 Å². The number of hydrogen-bond donors (Lipinski definition) is 0. The molecular weight excluding hydrogens is 282 g/mol. The molecule has 0 amide bonds. The summed E-state index contributed by atoms with van der Waals surface area (Å²) in [6.45, 7) is 7.01. The number of aryl methyl sites for hydroxylation is 1. The Kier molecular flexibility index (Phi) is 4.26. The average molecular weight is 297 g/mol. The molecule has 0 aliphatic rings. The second-order valence-corrected chi connectivity index (χ2v) is 4.95. The highest BCUT2D eigenvalue weighted by atomic mass is 16.7. The summed E-state index contributed by atoms with van der Waals surface area (Å²) in [7, 11) is 0. The third kappa shape index (κ3) is 2.54. The summed E-state index contributed by atoms with van der Waals surface area (Å²) < 4.78 is 0. The van der Waals surface area contributed by atoms with Crippen LogP contribution in [0.15, 0.2) is 6.07 Å². The summed E-state index contributed by atoms with van der Waals surface area (Å²) in [6.07, 6.45) is -0.895. The lowest BCUT2D eigenvalue weighted by molar-refractivity contribution is -0.969. The zero-order valence-corrected chi connectivity index (χ0v) is 12.1. The molecule has 0 spiro atoms. The van der Waals surface area contributed by atoms with Crippen molar-refractivity contribution in [3.63, 3.8) is 0 Å². The molecule has 1 aromatic rings. The number of rotatable bonds is 5. The monoisotopic (exact) mass is 297 g/mol. The quantitative estimate of drug-likeness (QED) is 0.464. The predicted molar refractivity (Wildman–Crippen MR) is 72.8 cm³/mol. The van der Waals surface area contributed by atoms with Gasteiger partial charge in [0.25, 0.3) is 0 Å². The van der Waals surface area contributed by atoms with Crippen molar-refractivity contribution in [1.29, 1.82) is 0 Å². The van der Waals surface area contributed by atoms with Gasteiger partial charge < -0.3 is 0 Å². The highest BCUT2D eigenvalue weighted by molar-refractivity contribution is 5.43. The largest absolute Gasteiger partial charge is 0.703 e. The lowest BCUT2D eigenvalue weighted by atomic mass is 9.91. The van der Waals surface area contributed by atoms with Crippen LogP contribution in [-0.4, -0.2) is 20.6 Å². The fourth-order valence-electron chi connectivity index (χ4n) is 2.13. The van der Waals surface area contributed by atoms with Gasteiger partial charge >= 0.3 is 5.79 Å². The molecule has 0 aliphatic heterocycles. The van der Waals surface area contributed by atoms with Crippen LogP contribution in [0.1, 0.15) is 27.8 Å². The SMILES string of the molecule is Cc1cc(CC([N+](=O)[O-])([N+](=O)[O-])[N+](=O)[O-])c(C)c(C)c1C. The van der Waals surface area contributed by atoms with E-state index in [1.54, 1.807) is 20.8 Å². The van der Waals surface area contributed by atoms with E-state index in [2.05, 4.69) is 0 Å². The molecule has 1 aromatic carbocycles. The van der Waals surface area contributed by atoms with Crippen LogP contribution in [0.3, 0.4) is 0 Å². The molecule has 0 bridgehead atoms. The summed E-state index contributed by atoms with van der Waals surface area (Å²) in [4.78, 5) is 28.6. The molecule has 0 fully saturated rings. The fraction of sp³-hybridized carbons (Fsp3) is 0.500. The Labute approximate surface area is 120 Å². The van der Waals surface area contributed by atoms with Crippen molar-refractivity contribution < 1.29 is 14.8 Å². The Hall–Kier alpha value is -2.58. The van der Waals surface area contributed by atoms with Gasteiger partial charge in [0.05, 0.1) is 0 Å².